The second-order valence-corrected chi connectivity index (χ2v) is 7.97. The van der Waals surface area contributed by atoms with Gasteiger partial charge in [-0.15, -0.1) is 0 Å². The van der Waals surface area contributed by atoms with E-state index in [9.17, 15) is 4.79 Å². The Hall–Kier alpha value is -0.570. The molecule has 0 aromatic heterocycles. The molecule has 3 heterocycles. The van der Waals surface area contributed by atoms with Crippen LogP contribution >= 0.6 is 0 Å². The summed E-state index contributed by atoms with van der Waals surface area (Å²) in [5, 5.41) is 0. The smallest absolute Gasteiger partial charge is 0.310 e. The number of nitrogens with zero attached hydrogens (tertiary/aromatic N) is 1. The highest BCUT2D eigenvalue weighted by molar-refractivity contribution is 5.69. The molecule has 134 valence electrons. The number of ether oxygens (including phenoxy) is 1. The molecule has 0 aromatic carbocycles. The molecule has 0 spiro atoms. The minimum atomic E-state index is 0.0353. The monoisotopic (exact) mass is 324 g/mol. The van der Waals surface area contributed by atoms with Crippen LogP contribution in [0.25, 0.3) is 0 Å². The Kier molecular flexibility index (Phi) is 8.43. The topological polar surface area (TPSA) is 26.3 Å². The average molecular weight is 325 g/mol. The first-order chi connectivity index (χ1) is 11.2. The number of quaternary nitrogens is 1. The number of carbonyl (C=O) groups is 1. The Morgan fingerprint density at radius 3 is 1.96 bits per heavy atom. The lowest BCUT2D eigenvalue weighted by Gasteiger charge is -2.48. The Morgan fingerprint density at radius 1 is 0.870 bits per heavy atom. The molecular weight excluding hydrogens is 286 g/mol. The molecule has 0 amide bonds. The molecule has 0 aromatic rings. The summed E-state index contributed by atoms with van der Waals surface area (Å²) in [7, 11) is 0. The number of rotatable bonds is 12. The lowest BCUT2D eigenvalue weighted by Crippen LogP contribution is -2.59. The van der Waals surface area contributed by atoms with Crippen molar-refractivity contribution >= 4 is 5.97 Å². The maximum atomic E-state index is 11.9. The molecule has 3 aliphatic heterocycles. The molecule has 0 unspecified atom stereocenters. The number of carbonyl (C=O) groups excluding carboxylic acids is 1. The lowest BCUT2D eigenvalue weighted by atomic mass is 9.86. The SMILES string of the molecule is CCCCCCCCCCCC(=O)OC[N+]12CCC(CC1)CC2. The molecule has 0 aliphatic carbocycles. The first-order valence-corrected chi connectivity index (χ1v) is 10.2. The second-order valence-electron chi connectivity index (χ2n) is 7.97. The van der Waals surface area contributed by atoms with Gasteiger partial charge in [0.05, 0.1) is 19.6 Å². The van der Waals surface area contributed by atoms with Gasteiger partial charge >= 0.3 is 5.97 Å². The first-order valence-electron chi connectivity index (χ1n) is 10.2. The number of piperidine rings is 3. The van der Waals surface area contributed by atoms with E-state index >= 15 is 0 Å². The molecule has 0 saturated carbocycles. The summed E-state index contributed by atoms with van der Waals surface area (Å²) < 4.78 is 6.66. The highest BCUT2D eigenvalue weighted by Crippen LogP contribution is 2.33. The summed E-state index contributed by atoms with van der Waals surface area (Å²) in [6.07, 6.45) is 16.3. The predicted molar refractivity (Wildman–Crippen MR) is 95.0 cm³/mol. The van der Waals surface area contributed by atoms with Gasteiger partial charge in [0.25, 0.3) is 0 Å². The fourth-order valence-corrected chi connectivity index (χ4v) is 4.19. The Balaban J connectivity index is 1.43. The van der Waals surface area contributed by atoms with Crippen LogP contribution in [0.2, 0.25) is 0 Å². The van der Waals surface area contributed by atoms with Crippen LogP contribution in [0.3, 0.4) is 0 Å². The molecule has 3 nitrogen and oxygen atoms in total. The van der Waals surface area contributed by atoms with Crippen molar-refractivity contribution in [1.29, 1.82) is 0 Å². The van der Waals surface area contributed by atoms with Crippen molar-refractivity contribution in [3.8, 4) is 0 Å². The molecular formula is C20H38NO2+. The summed E-state index contributed by atoms with van der Waals surface area (Å²) in [4.78, 5) is 11.9. The van der Waals surface area contributed by atoms with E-state index in [1.54, 1.807) is 0 Å². The van der Waals surface area contributed by atoms with Gasteiger partial charge in [0.1, 0.15) is 0 Å². The predicted octanol–water partition coefficient (Wildman–Crippen LogP) is 5.04. The summed E-state index contributed by atoms with van der Waals surface area (Å²) >= 11 is 0. The van der Waals surface area contributed by atoms with E-state index in [-0.39, 0.29) is 5.97 Å². The van der Waals surface area contributed by atoms with Gasteiger partial charge in [-0.25, -0.2) is 0 Å². The summed E-state index contributed by atoms with van der Waals surface area (Å²) in [5.74, 6) is 1.00. The minimum absolute atomic E-state index is 0.0353. The maximum Gasteiger partial charge on any atom is 0.310 e. The zero-order valence-corrected chi connectivity index (χ0v) is 15.4. The average Bonchev–Trinajstić information content (AvgIpc) is 2.60. The second kappa shape index (κ2) is 10.3. The van der Waals surface area contributed by atoms with E-state index in [2.05, 4.69) is 6.92 Å². The number of fused-ring (bicyclic) bond motifs is 3. The number of esters is 1. The van der Waals surface area contributed by atoms with Crippen LogP contribution in [0.1, 0.15) is 90.4 Å². The molecule has 3 saturated heterocycles. The lowest BCUT2D eigenvalue weighted by molar-refractivity contribution is -0.957. The largest absolute Gasteiger partial charge is 0.415 e. The van der Waals surface area contributed by atoms with Crippen LogP contribution in [0.15, 0.2) is 0 Å². The van der Waals surface area contributed by atoms with Crippen LogP contribution in [0.4, 0.5) is 0 Å². The summed E-state index contributed by atoms with van der Waals surface area (Å²) in [6.45, 7) is 6.60. The van der Waals surface area contributed by atoms with E-state index in [0.717, 1.165) is 16.8 Å². The fraction of sp³-hybridized carbons (Fsp3) is 0.950. The third-order valence-electron chi connectivity index (χ3n) is 6.02. The van der Waals surface area contributed by atoms with Gasteiger partial charge in [-0.05, 0) is 31.6 Å². The van der Waals surface area contributed by atoms with Gasteiger partial charge < -0.3 is 4.74 Å². The van der Waals surface area contributed by atoms with E-state index in [1.165, 1.54) is 90.3 Å². The summed E-state index contributed by atoms with van der Waals surface area (Å²) in [6, 6.07) is 0. The van der Waals surface area contributed by atoms with Crippen molar-refractivity contribution < 1.29 is 14.0 Å². The highest BCUT2D eigenvalue weighted by Gasteiger charge is 2.40. The van der Waals surface area contributed by atoms with Crippen molar-refractivity contribution in [2.75, 3.05) is 26.4 Å². The van der Waals surface area contributed by atoms with Gasteiger partial charge in [-0.1, -0.05) is 58.3 Å². The van der Waals surface area contributed by atoms with Gasteiger partial charge in [-0.2, -0.15) is 0 Å². The normalized spacial score (nSPS) is 26.4. The zero-order valence-electron chi connectivity index (χ0n) is 15.4. The van der Waals surface area contributed by atoms with Crippen LogP contribution in [-0.2, 0) is 9.53 Å². The number of hydrogen-bond donors (Lipinski definition) is 0. The number of hydrogen-bond acceptors (Lipinski definition) is 2. The van der Waals surface area contributed by atoms with E-state index in [4.69, 9.17) is 4.74 Å². The highest BCUT2D eigenvalue weighted by atomic mass is 16.5. The van der Waals surface area contributed by atoms with Crippen molar-refractivity contribution in [2.45, 2.75) is 90.4 Å². The van der Waals surface area contributed by atoms with Crippen molar-refractivity contribution in [2.24, 2.45) is 5.92 Å². The Morgan fingerprint density at radius 2 is 1.39 bits per heavy atom. The van der Waals surface area contributed by atoms with Gasteiger partial charge in [0.15, 0.2) is 0 Å². The quantitative estimate of drug-likeness (QED) is 0.286. The van der Waals surface area contributed by atoms with Gasteiger partial charge in [-0.3, -0.25) is 9.28 Å². The van der Waals surface area contributed by atoms with Crippen molar-refractivity contribution in [3.63, 3.8) is 0 Å². The maximum absolute atomic E-state index is 11.9. The molecule has 0 radical (unpaired) electrons. The summed E-state index contributed by atoms with van der Waals surface area (Å²) in [5.41, 5.74) is 0. The Bertz CT molecular complexity index is 321. The van der Waals surface area contributed by atoms with Crippen LogP contribution < -0.4 is 0 Å². The zero-order chi connectivity index (χ0) is 16.4. The fourth-order valence-electron chi connectivity index (χ4n) is 4.19. The third-order valence-corrected chi connectivity index (χ3v) is 6.02. The van der Waals surface area contributed by atoms with Crippen molar-refractivity contribution in [3.05, 3.63) is 0 Å². The van der Waals surface area contributed by atoms with Gasteiger partial charge in [0.2, 0.25) is 6.73 Å². The molecule has 3 fully saturated rings. The molecule has 0 atom stereocenters. The molecule has 2 bridgehead atoms. The molecule has 3 heteroatoms. The molecule has 3 rings (SSSR count). The first kappa shape index (κ1) is 18.8. The van der Waals surface area contributed by atoms with Gasteiger partial charge in [0, 0.05) is 6.42 Å². The van der Waals surface area contributed by atoms with E-state index in [1.807, 2.05) is 0 Å². The standard InChI is InChI=1S/C20H38NO2/c1-2-3-4-5-6-7-8-9-10-11-20(22)23-18-21-15-12-19(13-16-21)14-17-21/h19H,2-18H2,1H3/q+1. The molecule has 3 aliphatic rings. The van der Waals surface area contributed by atoms with Crippen molar-refractivity contribution in [1.82, 2.24) is 0 Å². The minimum Gasteiger partial charge on any atom is -0.415 e. The molecule has 0 N–H and O–H groups in total. The van der Waals surface area contributed by atoms with E-state index < -0.39 is 0 Å². The number of unbranched alkanes of at least 4 members (excludes halogenated alkanes) is 8. The van der Waals surface area contributed by atoms with E-state index in [0.29, 0.717) is 13.2 Å². The van der Waals surface area contributed by atoms with Crippen LogP contribution in [-0.4, -0.2) is 36.8 Å². The third kappa shape index (κ3) is 6.82. The van der Waals surface area contributed by atoms with Crippen LogP contribution in [0, 0.1) is 5.92 Å². The Labute approximate surface area is 143 Å². The molecule has 23 heavy (non-hydrogen) atoms. The van der Waals surface area contributed by atoms with Crippen LogP contribution in [0.5, 0.6) is 0 Å².